The van der Waals surface area contributed by atoms with Crippen LogP contribution in [0.3, 0.4) is 0 Å². The van der Waals surface area contributed by atoms with Gasteiger partial charge in [-0.1, -0.05) is 28.5 Å². The zero-order valence-corrected chi connectivity index (χ0v) is 10.9. The molecule has 1 N–H and O–H groups in total. The van der Waals surface area contributed by atoms with Gasteiger partial charge in [0.2, 0.25) is 5.91 Å². The van der Waals surface area contributed by atoms with E-state index in [1.54, 1.807) is 33.5 Å². The maximum absolute atomic E-state index is 11.9. The fourth-order valence-electron chi connectivity index (χ4n) is 1.82. The van der Waals surface area contributed by atoms with E-state index in [1.165, 1.54) is 0 Å². The number of rotatable bonds is 3. The summed E-state index contributed by atoms with van der Waals surface area (Å²) in [7, 11) is 5.02. The fraction of sp³-hybridized carbons (Fsp3) is 0.600. The summed E-state index contributed by atoms with van der Waals surface area (Å²) in [4.78, 5) is 25.1. The number of likely N-dealkylation sites (tertiary alicyclic amines) is 1. The van der Waals surface area contributed by atoms with E-state index in [-0.39, 0.29) is 23.1 Å². The molecule has 1 fully saturated rings. The molecule has 0 radical (unpaired) electrons. The van der Waals surface area contributed by atoms with Crippen LogP contribution in [0, 0.1) is 0 Å². The van der Waals surface area contributed by atoms with Crippen LogP contribution in [-0.2, 0) is 9.59 Å². The van der Waals surface area contributed by atoms with Gasteiger partial charge < -0.3 is 10.2 Å². The Morgan fingerprint density at radius 3 is 3.06 bits per heavy atom. The third-order valence-electron chi connectivity index (χ3n) is 2.70. The summed E-state index contributed by atoms with van der Waals surface area (Å²) in [5.74, 6) is -0.0403. The molecule has 2 aliphatic heterocycles. The summed E-state index contributed by atoms with van der Waals surface area (Å²) in [6.07, 6.45) is 1.29. The van der Waals surface area contributed by atoms with E-state index in [2.05, 4.69) is 5.32 Å². The topological polar surface area (TPSA) is 49.4 Å². The minimum absolute atomic E-state index is 0.00602. The second-order valence-corrected chi connectivity index (χ2v) is 6.13. The largest absolute Gasteiger partial charge is 0.343 e. The van der Waals surface area contributed by atoms with E-state index in [4.69, 9.17) is 0 Å². The van der Waals surface area contributed by atoms with E-state index in [0.717, 1.165) is 12.1 Å². The molecule has 0 bridgehead atoms. The number of nitrogens with one attached hydrogen (secondary N) is 1. The van der Waals surface area contributed by atoms with Crippen LogP contribution in [0.15, 0.2) is 11.1 Å². The van der Waals surface area contributed by atoms with Gasteiger partial charge in [0.25, 0.3) is 5.91 Å². The van der Waals surface area contributed by atoms with Crippen LogP contribution in [0.1, 0.15) is 19.8 Å². The molecular formula is C10H14N2O2S2. The SMILES string of the molecule is CCCC(=O)NC1C(=O)N(C)C2=CSSC21. The number of carbonyl (C=O) groups is 2. The molecule has 0 aliphatic carbocycles. The Hall–Kier alpha value is -0.620. The Morgan fingerprint density at radius 1 is 1.62 bits per heavy atom. The lowest BCUT2D eigenvalue weighted by Crippen LogP contribution is -2.44. The molecule has 2 aliphatic rings. The van der Waals surface area contributed by atoms with Crippen molar-refractivity contribution in [2.45, 2.75) is 31.1 Å². The summed E-state index contributed by atoms with van der Waals surface area (Å²) in [5, 5.41) is 4.90. The van der Waals surface area contributed by atoms with Gasteiger partial charge in [0.15, 0.2) is 0 Å². The van der Waals surface area contributed by atoms with Crippen LogP contribution in [0.4, 0.5) is 0 Å². The summed E-state index contributed by atoms with van der Waals surface area (Å²) >= 11 is 0. The van der Waals surface area contributed by atoms with Gasteiger partial charge in [0, 0.05) is 24.6 Å². The molecule has 2 heterocycles. The van der Waals surface area contributed by atoms with Gasteiger partial charge in [0.05, 0.1) is 5.25 Å². The third kappa shape index (κ3) is 1.96. The predicted octanol–water partition coefficient (Wildman–Crippen LogP) is 1.35. The third-order valence-corrected chi connectivity index (χ3v) is 5.11. The number of nitrogens with zero attached hydrogens (tertiary/aromatic N) is 1. The highest BCUT2D eigenvalue weighted by molar-refractivity contribution is 8.78. The van der Waals surface area contributed by atoms with Gasteiger partial charge in [-0.3, -0.25) is 9.59 Å². The van der Waals surface area contributed by atoms with E-state index in [0.29, 0.717) is 6.42 Å². The smallest absolute Gasteiger partial charge is 0.250 e. The molecule has 0 spiro atoms. The highest BCUT2D eigenvalue weighted by Crippen LogP contribution is 2.46. The van der Waals surface area contributed by atoms with Gasteiger partial charge in [0.1, 0.15) is 6.04 Å². The predicted molar refractivity (Wildman–Crippen MR) is 66.7 cm³/mol. The molecule has 0 aromatic rings. The van der Waals surface area contributed by atoms with Gasteiger partial charge in [-0.05, 0) is 6.42 Å². The lowest BCUT2D eigenvalue weighted by Gasteiger charge is -2.14. The number of carbonyl (C=O) groups excluding carboxylic acids is 2. The lowest BCUT2D eigenvalue weighted by molar-refractivity contribution is -0.131. The number of hydrogen-bond donors (Lipinski definition) is 1. The maximum Gasteiger partial charge on any atom is 0.250 e. The van der Waals surface area contributed by atoms with Crippen molar-refractivity contribution in [3.63, 3.8) is 0 Å². The molecular weight excluding hydrogens is 244 g/mol. The maximum atomic E-state index is 11.9. The summed E-state index contributed by atoms with van der Waals surface area (Å²) in [6.45, 7) is 1.95. The van der Waals surface area contributed by atoms with Crippen LogP contribution in [0.25, 0.3) is 0 Å². The minimum Gasteiger partial charge on any atom is -0.343 e. The number of likely N-dealkylation sites (N-methyl/N-ethyl adjacent to an activating group) is 1. The number of hydrogen-bond acceptors (Lipinski definition) is 4. The molecule has 0 aromatic carbocycles. The molecule has 2 rings (SSSR count). The zero-order chi connectivity index (χ0) is 11.7. The minimum atomic E-state index is -0.379. The first-order valence-electron chi connectivity index (χ1n) is 5.24. The lowest BCUT2D eigenvalue weighted by atomic mass is 10.2. The first kappa shape index (κ1) is 11.9. The van der Waals surface area contributed by atoms with Crippen LogP contribution in [0.5, 0.6) is 0 Å². The molecule has 6 heteroatoms. The van der Waals surface area contributed by atoms with Crippen LogP contribution in [0.2, 0.25) is 0 Å². The molecule has 0 saturated carbocycles. The normalized spacial score (nSPS) is 28.0. The fourth-order valence-corrected chi connectivity index (χ4v) is 4.56. The van der Waals surface area contributed by atoms with E-state index in [1.807, 2.05) is 12.3 Å². The van der Waals surface area contributed by atoms with Crippen molar-refractivity contribution in [3.8, 4) is 0 Å². The molecule has 88 valence electrons. The molecule has 2 atom stereocenters. The van der Waals surface area contributed by atoms with Crippen molar-refractivity contribution in [2.24, 2.45) is 0 Å². The summed E-state index contributed by atoms with van der Waals surface area (Å²) in [5.41, 5.74) is 1.02. The second kappa shape index (κ2) is 4.71. The van der Waals surface area contributed by atoms with Crippen LogP contribution >= 0.6 is 21.6 Å². The van der Waals surface area contributed by atoms with Gasteiger partial charge in [-0.2, -0.15) is 0 Å². The summed E-state index contributed by atoms with van der Waals surface area (Å²) < 4.78 is 0. The van der Waals surface area contributed by atoms with Gasteiger partial charge in [-0.15, -0.1) is 0 Å². The molecule has 1 saturated heterocycles. The molecule has 0 aromatic heterocycles. The Labute approximate surface area is 103 Å². The van der Waals surface area contributed by atoms with Crippen molar-refractivity contribution < 1.29 is 9.59 Å². The molecule has 2 unspecified atom stereocenters. The monoisotopic (exact) mass is 258 g/mol. The molecule has 16 heavy (non-hydrogen) atoms. The summed E-state index contributed by atoms with van der Waals surface area (Å²) in [6, 6.07) is -0.379. The highest BCUT2D eigenvalue weighted by atomic mass is 33.1. The Balaban J connectivity index is 2.07. The van der Waals surface area contributed by atoms with Crippen molar-refractivity contribution in [2.75, 3.05) is 7.05 Å². The number of fused-ring (bicyclic) bond motifs is 1. The van der Waals surface area contributed by atoms with Gasteiger partial charge in [-0.25, -0.2) is 0 Å². The quantitative estimate of drug-likeness (QED) is 0.776. The average Bonchev–Trinajstić information content (AvgIpc) is 2.79. The standard InChI is InChI=1S/C10H14N2O2S2/c1-3-4-7(13)11-8-9-6(5-15-16-9)12(2)10(8)14/h5,8-9H,3-4H2,1-2H3,(H,11,13). The van der Waals surface area contributed by atoms with Gasteiger partial charge >= 0.3 is 0 Å². The van der Waals surface area contributed by atoms with Crippen LogP contribution in [-0.4, -0.2) is 35.1 Å². The van der Waals surface area contributed by atoms with Crippen molar-refractivity contribution in [1.82, 2.24) is 10.2 Å². The first-order chi connectivity index (χ1) is 7.65. The van der Waals surface area contributed by atoms with E-state index >= 15 is 0 Å². The average molecular weight is 258 g/mol. The number of amides is 2. The van der Waals surface area contributed by atoms with Crippen LogP contribution < -0.4 is 5.32 Å². The van der Waals surface area contributed by atoms with Crippen molar-refractivity contribution in [1.29, 1.82) is 0 Å². The van der Waals surface area contributed by atoms with E-state index < -0.39 is 0 Å². The second-order valence-electron chi connectivity index (χ2n) is 3.85. The molecule has 2 amide bonds. The Bertz CT molecular complexity index is 357. The molecule has 4 nitrogen and oxygen atoms in total. The van der Waals surface area contributed by atoms with Crippen molar-refractivity contribution in [3.05, 3.63) is 11.1 Å². The van der Waals surface area contributed by atoms with Crippen molar-refractivity contribution >= 4 is 33.4 Å². The van der Waals surface area contributed by atoms with E-state index in [9.17, 15) is 9.59 Å². The Kier molecular flexibility index (Phi) is 3.49. The zero-order valence-electron chi connectivity index (χ0n) is 9.23. The highest BCUT2D eigenvalue weighted by Gasteiger charge is 2.46. The Morgan fingerprint density at radius 2 is 2.38 bits per heavy atom. The first-order valence-corrected chi connectivity index (χ1v) is 7.52.